The van der Waals surface area contributed by atoms with Crippen LogP contribution < -0.4 is 4.74 Å². The van der Waals surface area contributed by atoms with Crippen LogP contribution in [0.2, 0.25) is 0 Å². The first-order valence-corrected chi connectivity index (χ1v) is 8.62. The molecule has 0 saturated carbocycles. The summed E-state index contributed by atoms with van der Waals surface area (Å²) in [5.41, 5.74) is 1.20. The van der Waals surface area contributed by atoms with E-state index in [0.29, 0.717) is 17.5 Å². The van der Waals surface area contributed by atoms with E-state index in [-0.39, 0.29) is 12.3 Å². The molecule has 0 N–H and O–H groups in total. The van der Waals surface area contributed by atoms with Crippen LogP contribution in [0.25, 0.3) is 10.6 Å². The molecule has 3 aromatic rings. The fourth-order valence-corrected chi connectivity index (χ4v) is 3.00. The van der Waals surface area contributed by atoms with E-state index in [1.165, 1.54) is 11.3 Å². The summed E-state index contributed by atoms with van der Waals surface area (Å²) >= 11 is 5.44. The highest BCUT2D eigenvalue weighted by molar-refractivity contribution is 7.80. The average molecular weight is 361 g/mol. The molecule has 0 aliphatic heterocycles. The molecule has 0 bridgehead atoms. The van der Waals surface area contributed by atoms with Crippen molar-refractivity contribution in [2.24, 2.45) is 0 Å². The number of esters is 1. The Bertz CT molecular complexity index is 823. The standard InChI is InChI=1S/C17H15NO4S2/c1-2-20-12-5-3-11(4-6-12)16-18-14(10-24-16)17(19)21-9-13-7-8-15(23)22-13/h3-8,10,23H,2,9H2,1H3. The lowest BCUT2D eigenvalue weighted by Gasteiger charge is -2.03. The van der Waals surface area contributed by atoms with Gasteiger partial charge in [0.05, 0.1) is 6.61 Å². The van der Waals surface area contributed by atoms with Crippen LogP contribution in [0.5, 0.6) is 5.75 Å². The van der Waals surface area contributed by atoms with Crippen LogP contribution in [0.3, 0.4) is 0 Å². The first-order chi connectivity index (χ1) is 11.7. The third-order valence-electron chi connectivity index (χ3n) is 3.12. The van der Waals surface area contributed by atoms with E-state index in [9.17, 15) is 4.79 Å². The first kappa shape index (κ1) is 16.6. The molecule has 2 heterocycles. The van der Waals surface area contributed by atoms with E-state index in [1.54, 1.807) is 17.5 Å². The van der Waals surface area contributed by atoms with Gasteiger partial charge in [-0.05, 0) is 43.3 Å². The number of ether oxygens (including phenoxy) is 2. The van der Waals surface area contributed by atoms with Crippen molar-refractivity contribution in [3.05, 3.63) is 53.2 Å². The zero-order chi connectivity index (χ0) is 16.9. The van der Waals surface area contributed by atoms with Gasteiger partial charge in [-0.25, -0.2) is 9.78 Å². The Morgan fingerprint density at radius 1 is 1.25 bits per heavy atom. The normalized spacial score (nSPS) is 10.6. The topological polar surface area (TPSA) is 61.6 Å². The molecule has 0 radical (unpaired) electrons. The minimum atomic E-state index is -0.486. The predicted molar refractivity (Wildman–Crippen MR) is 93.8 cm³/mol. The number of thiol groups is 1. The van der Waals surface area contributed by atoms with Gasteiger partial charge < -0.3 is 13.9 Å². The van der Waals surface area contributed by atoms with E-state index in [4.69, 9.17) is 13.9 Å². The van der Waals surface area contributed by atoms with Crippen molar-refractivity contribution in [3.63, 3.8) is 0 Å². The average Bonchev–Trinajstić information content (AvgIpc) is 3.23. The maximum atomic E-state index is 12.0. The zero-order valence-electron chi connectivity index (χ0n) is 12.9. The van der Waals surface area contributed by atoms with Crippen molar-refractivity contribution >= 4 is 29.9 Å². The molecule has 1 aromatic carbocycles. The maximum Gasteiger partial charge on any atom is 0.358 e. The fraction of sp³-hybridized carbons (Fsp3) is 0.176. The summed E-state index contributed by atoms with van der Waals surface area (Å²) in [5.74, 6) is 0.857. The Morgan fingerprint density at radius 2 is 2.04 bits per heavy atom. The van der Waals surface area contributed by atoms with Gasteiger partial charge >= 0.3 is 5.97 Å². The molecule has 0 atom stereocenters. The summed E-state index contributed by atoms with van der Waals surface area (Å²) < 4.78 is 15.8. The Kier molecular flexibility index (Phi) is 5.22. The summed E-state index contributed by atoms with van der Waals surface area (Å²) in [6.07, 6.45) is 0. The van der Waals surface area contributed by atoms with E-state index in [1.807, 2.05) is 31.2 Å². The molecule has 0 amide bonds. The number of hydrogen-bond acceptors (Lipinski definition) is 7. The molecule has 0 spiro atoms. The van der Waals surface area contributed by atoms with Crippen LogP contribution in [0, 0.1) is 0 Å². The van der Waals surface area contributed by atoms with E-state index < -0.39 is 5.97 Å². The summed E-state index contributed by atoms with van der Waals surface area (Å²) in [4.78, 5) is 16.4. The van der Waals surface area contributed by atoms with Crippen molar-refractivity contribution in [3.8, 4) is 16.3 Å². The number of benzene rings is 1. The predicted octanol–water partition coefficient (Wildman–Crippen LogP) is 4.45. The van der Waals surface area contributed by atoms with Gasteiger partial charge in [-0.3, -0.25) is 0 Å². The minimum Gasteiger partial charge on any atom is -0.494 e. The van der Waals surface area contributed by atoms with Crippen LogP contribution >= 0.6 is 24.0 Å². The largest absolute Gasteiger partial charge is 0.494 e. The summed E-state index contributed by atoms with van der Waals surface area (Å²) in [6, 6.07) is 11.0. The second-order valence-electron chi connectivity index (χ2n) is 4.81. The smallest absolute Gasteiger partial charge is 0.358 e. The second kappa shape index (κ2) is 7.55. The molecule has 0 fully saturated rings. The van der Waals surface area contributed by atoms with Gasteiger partial charge in [0, 0.05) is 10.9 Å². The molecular weight excluding hydrogens is 346 g/mol. The Morgan fingerprint density at radius 3 is 2.71 bits per heavy atom. The SMILES string of the molecule is CCOc1ccc(-c2nc(C(=O)OCc3ccc(S)o3)cs2)cc1. The fourth-order valence-electron chi connectivity index (χ4n) is 2.02. The highest BCUT2D eigenvalue weighted by Gasteiger charge is 2.14. The van der Waals surface area contributed by atoms with Crippen molar-refractivity contribution in [1.82, 2.24) is 4.98 Å². The molecule has 2 aromatic heterocycles. The molecule has 124 valence electrons. The second-order valence-corrected chi connectivity index (χ2v) is 6.11. The molecular formula is C17H15NO4S2. The third-order valence-corrected chi connectivity index (χ3v) is 4.25. The molecule has 7 heteroatoms. The van der Waals surface area contributed by atoms with Crippen LogP contribution in [-0.2, 0) is 11.3 Å². The van der Waals surface area contributed by atoms with Gasteiger partial charge in [-0.1, -0.05) is 0 Å². The molecule has 0 aliphatic rings. The zero-order valence-corrected chi connectivity index (χ0v) is 14.6. The van der Waals surface area contributed by atoms with Crippen molar-refractivity contribution in [2.75, 3.05) is 6.61 Å². The van der Waals surface area contributed by atoms with Crippen molar-refractivity contribution < 1.29 is 18.7 Å². The quantitative estimate of drug-likeness (QED) is 0.519. The van der Waals surface area contributed by atoms with E-state index >= 15 is 0 Å². The molecule has 5 nitrogen and oxygen atoms in total. The van der Waals surface area contributed by atoms with Gasteiger partial charge in [-0.2, -0.15) is 0 Å². The number of carbonyl (C=O) groups excluding carboxylic acids is 1. The molecule has 0 unspecified atom stereocenters. The monoisotopic (exact) mass is 361 g/mol. The van der Waals surface area contributed by atoms with E-state index in [2.05, 4.69) is 17.6 Å². The van der Waals surface area contributed by atoms with Crippen molar-refractivity contribution in [1.29, 1.82) is 0 Å². The number of thiazole rings is 1. The highest BCUT2D eigenvalue weighted by atomic mass is 32.1. The third kappa shape index (κ3) is 3.98. The number of furan rings is 1. The van der Waals surface area contributed by atoms with Gasteiger partial charge in [0.2, 0.25) is 0 Å². The number of hydrogen-bond donors (Lipinski definition) is 1. The van der Waals surface area contributed by atoms with Gasteiger partial charge in [0.25, 0.3) is 0 Å². The Balaban J connectivity index is 1.64. The lowest BCUT2D eigenvalue weighted by atomic mass is 10.2. The number of nitrogens with zero attached hydrogens (tertiary/aromatic N) is 1. The summed E-state index contributed by atoms with van der Waals surface area (Å²) in [7, 11) is 0. The number of rotatable bonds is 6. The van der Waals surface area contributed by atoms with Gasteiger partial charge in [-0.15, -0.1) is 24.0 Å². The van der Waals surface area contributed by atoms with Crippen LogP contribution in [0.1, 0.15) is 23.2 Å². The van der Waals surface area contributed by atoms with Crippen LogP contribution in [0.15, 0.2) is 51.3 Å². The lowest BCUT2D eigenvalue weighted by molar-refractivity contribution is 0.0435. The number of carbonyl (C=O) groups is 1. The summed E-state index contributed by atoms with van der Waals surface area (Å²) in [5, 5.41) is 2.91. The molecule has 0 saturated heterocycles. The van der Waals surface area contributed by atoms with Crippen LogP contribution in [-0.4, -0.2) is 17.6 Å². The Hall–Kier alpha value is -2.25. The highest BCUT2D eigenvalue weighted by Crippen LogP contribution is 2.26. The van der Waals surface area contributed by atoms with Crippen molar-refractivity contribution in [2.45, 2.75) is 18.6 Å². The summed E-state index contributed by atoms with van der Waals surface area (Å²) in [6.45, 7) is 2.61. The van der Waals surface area contributed by atoms with Crippen LogP contribution in [0.4, 0.5) is 0 Å². The molecule has 0 aliphatic carbocycles. The van der Waals surface area contributed by atoms with Gasteiger partial charge in [0.15, 0.2) is 10.8 Å². The Labute approximate surface area is 148 Å². The first-order valence-electron chi connectivity index (χ1n) is 7.29. The maximum absolute atomic E-state index is 12.0. The minimum absolute atomic E-state index is 0.0509. The number of aromatic nitrogens is 1. The molecule has 24 heavy (non-hydrogen) atoms. The van der Waals surface area contributed by atoms with E-state index in [0.717, 1.165) is 16.3 Å². The lowest BCUT2D eigenvalue weighted by Crippen LogP contribution is -2.05. The van der Waals surface area contributed by atoms with Gasteiger partial charge in [0.1, 0.15) is 23.1 Å². The molecule has 3 rings (SSSR count).